The Labute approximate surface area is 182 Å². The summed E-state index contributed by atoms with van der Waals surface area (Å²) in [4.78, 5) is 9.18. The Morgan fingerprint density at radius 2 is 1.90 bits per heavy atom. The van der Waals surface area contributed by atoms with Gasteiger partial charge in [-0.3, -0.25) is 9.47 Å². The lowest BCUT2D eigenvalue weighted by molar-refractivity contribution is 0.183. The van der Waals surface area contributed by atoms with E-state index >= 15 is 0 Å². The van der Waals surface area contributed by atoms with Gasteiger partial charge in [-0.2, -0.15) is 5.10 Å². The first kappa shape index (κ1) is 20.7. The Kier molecular flexibility index (Phi) is 6.56. The van der Waals surface area contributed by atoms with Crippen molar-refractivity contribution in [2.45, 2.75) is 20.1 Å². The molecule has 7 nitrogen and oxygen atoms in total. The summed E-state index contributed by atoms with van der Waals surface area (Å²) in [5.74, 6) is 1.94. The number of rotatable bonds is 7. The van der Waals surface area contributed by atoms with Crippen molar-refractivity contribution in [1.82, 2.24) is 24.2 Å². The fourth-order valence-corrected chi connectivity index (χ4v) is 4.04. The monoisotopic (exact) mass is 424 g/mol. The van der Waals surface area contributed by atoms with Gasteiger partial charge < -0.3 is 9.64 Å². The summed E-state index contributed by atoms with van der Waals surface area (Å²) in [5.41, 5.74) is 2.29. The van der Waals surface area contributed by atoms with Crippen LogP contribution >= 0.6 is 12.2 Å². The molecule has 1 aliphatic rings. The third-order valence-corrected chi connectivity index (χ3v) is 5.83. The van der Waals surface area contributed by atoms with Gasteiger partial charge in [0.2, 0.25) is 0 Å². The van der Waals surface area contributed by atoms with E-state index in [2.05, 4.69) is 56.6 Å². The fraction of sp³-hybridized carbons (Fsp3) is 0.409. The molecule has 0 radical (unpaired) electrons. The van der Waals surface area contributed by atoms with Crippen molar-refractivity contribution >= 4 is 18.0 Å². The van der Waals surface area contributed by atoms with E-state index in [0.29, 0.717) is 19.8 Å². The number of hydrogen-bond acceptors (Lipinski definition) is 6. The second-order valence-electron chi connectivity index (χ2n) is 7.55. The van der Waals surface area contributed by atoms with Crippen LogP contribution in [0.2, 0.25) is 0 Å². The van der Waals surface area contributed by atoms with Gasteiger partial charge in [-0.05, 0) is 37.3 Å². The maximum atomic E-state index is 5.79. The van der Waals surface area contributed by atoms with E-state index in [-0.39, 0.29) is 0 Å². The normalized spacial score (nSPS) is 14.9. The Bertz CT molecular complexity index is 1020. The van der Waals surface area contributed by atoms with E-state index in [1.165, 1.54) is 5.56 Å². The molecule has 0 aliphatic carbocycles. The zero-order chi connectivity index (χ0) is 20.9. The molecule has 158 valence electrons. The van der Waals surface area contributed by atoms with Crippen LogP contribution in [0.4, 0.5) is 5.82 Å². The van der Waals surface area contributed by atoms with Gasteiger partial charge in [0.25, 0.3) is 0 Å². The summed E-state index contributed by atoms with van der Waals surface area (Å²) in [7, 11) is 1.71. The Balaban J connectivity index is 1.51. The zero-order valence-electron chi connectivity index (χ0n) is 17.6. The van der Waals surface area contributed by atoms with Gasteiger partial charge >= 0.3 is 0 Å². The standard InChI is InChI=1S/C22H28N6OS/c1-18-6-5-7-19(16-18)21-24-28(22(30)27(21)14-15-29-2)17-25-10-12-26(13-11-25)20-8-3-4-9-23-20/h3-9,16H,10-15,17H2,1-2H3. The van der Waals surface area contributed by atoms with Gasteiger partial charge in [0, 0.05) is 45.0 Å². The van der Waals surface area contributed by atoms with Crippen molar-refractivity contribution in [3.63, 3.8) is 0 Å². The summed E-state index contributed by atoms with van der Waals surface area (Å²) in [6, 6.07) is 14.4. The largest absolute Gasteiger partial charge is 0.383 e. The number of pyridine rings is 1. The summed E-state index contributed by atoms with van der Waals surface area (Å²) in [5, 5.41) is 4.90. The van der Waals surface area contributed by atoms with Crippen LogP contribution in [0.5, 0.6) is 0 Å². The minimum atomic E-state index is 0.599. The molecule has 0 amide bonds. The van der Waals surface area contributed by atoms with Gasteiger partial charge in [-0.15, -0.1) is 0 Å². The van der Waals surface area contributed by atoms with Gasteiger partial charge in [-0.1, -0.05) is 29.8 Å². The van der Waals surface area contributed by atoms with Crippen molar-refractivity contribution < 1.29 is 4.74 Å². The van der Waals surface area contributed by atoms with Crippen LogP contribution in [0.1, 0.15) is 5.56 Å². The lowest BCUT2D eigenvalue weighted by atomic mass is 10.1. The van der Waals surface area contributed by atoms with Crippen molar-refractivity contribution in [2.75, 3.05) is 44.8 Å². The number of piperazine rings is 1. The number of aryl methyl sites for hydroxylation is 1. The Morgan fingerprint density at radius 3 is 2.60 bits per heavy atom. The maximum Gasteiger partial charge on any atom is 0.199 e. The molecule has 3 heterocycles. The lowest BCUT2D eigenvalue weighted by Gasteiger charge is -2.35. The van der Waals surface area contributed by atoms with E-state index in [4.69, 9.17) is 22.1 Å². The van der Waals surface area contributed by atoms with Gasteiger partial charge in [0.15, 0.2) is 10.6 Å². The highest BCUT2D eigenvalue weighted by Crippen LogP contribution is 2.20. The van der Waals surface area contributed by atoms with Crippen molar-refractivity contribution in [3.05, 3.63) is 59.0 Å². The molecule has 1 aromatic carbocycles. The van der Waals surface area contributed by atoms with E-state index < -0.39 is 0 Å². The highest BCUT2D eigenvalue weighted by Gasteiger charge is 2.20. The number of methoxy groups -OCH3 is 1. The van der Waals surface area contributed by atoms with Gasteiger partial charge in [0.1, 0.15) is 5.82 Å². The van der Waals surface area contributed by atoms with Gasteiger partial charge in [-0.25, -0.2) is 9.67 Å². The first-order valence-electron chi connectivity index (χ1n) is 10.3. The van der Waals surface area contributed by atoms with Crippen LogP contribution in [-0.2, 0) is 18.0 Å². The lowest BCUT2D eigenvalue weighted by Crippen LogP contribution is -2.47. The van der Waals surface area contributed by atoms with Crippen molar-refractivity contribution in [1.29, 1.82) is 0 Å². The summed E-state index contributed by atoms with van der Waals surface area (Å²) < 4.78 is 10.1. The molecule has 0 N–H and O–H groups in total. The molecule has 1 fully saturated rings. The van der Waals surface area contributed by atoms with Crippen LogP contribution in [0.15, 0.2) is 48.7 Å². The molecule has 1 saturated heterocycles. The van der Waals surface area contributed by atoms with E-state index in [1.807, 2.05) is 23.0 Å². The van der Waals surface area contributed by atoms with E-state index in [9.17, 15) is 0 Å². The van der Waals surface area contributed by atoms with E-state index in [1.54, 1.807) is 7.11 Å². The number of hydrogen-bond donors (Lipinski definition) is 0. The van der Waals surface area contributed by atoms with Crippen LogP contribution in [0.25, 0.3) is 11.4 Å². The first-order valence-corrected chi connectivity index (χ1v) is 10.7. The SMILES string of the molecule is COCCn1c(-c2cccc(C)c2)nn(CN2CCN(c3ccccn3)CC2)c1=S. The molecule has 30 heavy (non-hydrogen) atoms. The van der Waals surface area contributed by atoms with Gasteiger partial charge in [0.05, 0.1) is 19.8 Å². The number of benzene rings is 1. The molecule has 0 spiro atoms. The molecule has 0 unspecified atom stereocenters. The highest BCUT2D eigenvalue weighted by atomic mass is 32.1. The quantitative estimate of drug-likeness (QED) is 0.543. The summed E-state index contributed by atoms with van der Waals surface area (Å²) >= 11 is 5.79. The minimum Gasteiger partial charge on any atom is -0.383 e. The van der Waals surface area contributed by atoms with Crippen molar-refractivity contribution in [3.8, 4) is 11.4 Å². The predicted octanol–water partition coefficient (Wildman–Crippen LogP) is 3.21. The second kappa shape index (κ2) is 9.51. The summed E-state index contributed by atoms with van der Waals surface area (Å²) in [6.07, 6.45) is 1.85. The Morgan fingerprint density at radius 1 is 1.07 bits per heavy atom. The smallest absolute Gasteiger partial charge is 0.199 e. The number of anilines is 1. The van der Waals surface area contributed by atoms with Crippen molar-refractivity contribution in [2.24, 2.45) is 0 Å². The first-order chi connectivity index (χ1) is 14.7. The fourth-order valence-electron chi connectivity index (χ4n) is 3.76. The third-order valence-electron chi connectivity index (χ3n) is 5.40. The maximum absolute atomic E-state index is 5.79. The molecule has 4 rings (SSSR count). The average molecular weight is 425 g/mol. The molecule has 0 saturated carbocycles. The summed E-state index contributed by atoms with van der Waals surface area (Å²) in [6.45, 7) is 7.85. The van der Waals surface area contributed by atoms with Crippen LogP contribution < -0.4 is 4.90 Å². The molecule has 8 heteroatoms. The molecular weight excluding hydrogens is 396 g/mol. The molecule has 2 aromatic heterocycles. The highest BCUT2D eigenvalue weighted by molar-refractivity contribution is 7.71. The molecule has 3 aromatic rings. The molecule has 1 aliphatic heterocycles. The zero-order valence-corrected chi connectivity index (χ0v) is 18.4. The predicted molar refractivity (Wildman–Crippen MR) is 121 cm³/mol. The van der Waals surface area contributed by atoms with Crippen LogP contribution in [0.3, 0.4) is 0 Å². The third kappa shape index (κ3) is 4.61. The van der Waals surface area contributed by atoms with E-state index in [0.717, 1.165) is 48.2 Å². The average Bonchev–Trinajstić information content (AvgIpc) is 3.08. The van der Waals surface area contributed by atoms with Crippen LogP contribution in [0, 0.1) is 11.7 Å². The number of ether oxygens (including phenoxy) is 1. The minimum absolute atomic E-state index is 0.599. The second-order valence-corrected chi connectivity index (χ2v) is 7.92. The Hall–Kier alpha value is -2.55. The van der Waals surface area contributed by atoms with Crippen LogP contribution in [-0.4, -0.2) is 64.1 Å². The molecular formula is C22H28N6OS. The molecule has 0 bridgehead atoms. The topological polar surface area (TPSA) is 51.4 Å². The molecule has 0 atom stereocenters. The number of aromatic nitrogens is 4. The number of nitrogens with zero attached hydrogens (tertiary/aromatic N) is 6.